The van der Waals surface area contributed by atoms with Crippen LogP contribution in [0.15, 0.2) is 82.8 Å². The molecule has 4 aromatic rings. The highest BCUT2D eigenvalue weighted by molar-refractivity contribution is 7.99. The lowest BCUT2D eigenvalue weighted by Crippen LogP contribution is -2.41. The summed E-state index contributed by atoms with van der Waals surface area (Å²) in [4.78, 5) is 42.9. The van der Waals surface area contributed by atoms with Crippen molar-refractivity contribution in [2.75, 3.05) is 24.6 Å². The molecule has 2 aromatic carbocycles. The molecule has 276 valence electrons. The Bertz CT molecular complexity index is 1690. The minimum Gasteiger partial charge on any atom is -0.444 e. The highest BCUT2D eigenvalue weighted by Crippen LogP contribution is 2.66. The van der Waals surface area contributed by atoms with Crippen molar-refractivity contribution < 1.29 is 19.1 Å². The number of amides is 2. The zero-order valence-corrected chi connectivity index (χ0v) is 33.2. The van der Waals surface area contributed by atoms with Gasteiger partial charge in [-0.2, -0.15) is 0 Å². The Balaban J connectivity index is 1.42. The number of carbonyl (C=O) groups excluding carboxylic acids is 2. The Kier molecular flexibility index (Phi) is 13.3. The van der Waals surface area contributed by atoms with Gasteiger partial charge >= 0.3 is 12.2 Å². The first kappa shape index (κ1) is 39.6. The summed E-state index contributed by atoms with van der Waals surface area (Å²) in [6.07, 6.45) is -0.925. The number of carbonyl (C=O) groups is 2. The molecule has 5 rings (SSSR count). The lowest BCUT2D eigenvalue weighted by molar-refractivity contribution is 0.0519. The molecule has 0 aliphatic heterocycles. The number of benzene rings is 2. The monoisotopic (exact) mass is 782 g/mol. The van der Waals surface area contributed by atoms with Gasteiger partial charge < -0.3 is 20.1 Å². The molecule has 2 aromatic heterocycles. The summed E-state index contributed by atoms with van der Waals surface area (Å²) < 4.78 is 10.7. The molecule has 1 fully saturated rings. The van der Waals surface area contributed by atoms with E-state index in [2.05, 4.69) is 44.9 Å². The fourth-order valence-corrected chi connectivity index (χ4v) is 8.24. The molecule has 0 atom stereocenters. The normalized spacial score (nSPS) is 18.6. The molecule has 0 bridgehead atoms. The van der Waals surface area contributed by atoms with Gasteiger partial charge in [-0.05, 0) is 88.0 Å². The van der Waals surface area contributed by atoms with Gasteiger partial charge in [0.25, 0.3) is 0 Å². The van der Waals surface area contributed by atoms with Crippen LogP contribution in [0.3, 0.4) is 0 Å². The molecule has 0 radical (unpaired) electrons. The van der Waals surface area contributed by atoms with Crippen LogP contribution >= 0.6 is 46.7 Å². The van der Waals surface area contributed by atoms with Crippen molar-refractivity contribution in [2.45, 2.75) is 86.5 Å². The van der Waals surface area contributed by atoms with E-state index in [0.29, 0.717) is 34.6 Å². The first-order valence-corrected chi connectivity index (χ1v) is 19.8. The molecule has 10 nitrogen and oxygen atoms in total. The largest absolute Gasteiger partial charge is 0.444 e. The summed E-state index contributed by atoms with van der Waals surface area (Å²) in [5.41, 5.74) is 2.78. The predicted octanol–water partition coefficient (Wildman–Crippen LogP) is 9.26. The van der Waals surface area contributed by atoms with Gasteiger partial charge in [-0.15, -0.1) is 23.5 Å². The molecule has 2 N–H and O–H groups in total. The van der Waals surface area contributed by atoms with Gasteiger partial charge in [0.2, 0.25) is 10.6 Å². The third-order valence-electron chi connectivity index (χ3n) is 8.03. The van der Waals surface area contributed by atoms with Crippen molar-refractivity contribution in [3.63, 3.8) is 0 Å². The maximum Gasteiger partial charge on any atom is 0.407 e. The number of rotatable bonds is 12. The van der Waals surface area contributed by atoms with Crippen LogP contribution in [0.25, 0.3) is 0 Å². The predicted molar refractivity (Wildman–Crippen MR) is 208 cm³/mol. The van der Waals surface area contributed by atoms with Gasteiger partial charge in [0, 0.05) is 48.3 Å². The number of hydrogen-bond acceptors (Lipinski definition) is 10. The molecule has 0 spiro atoms. The number of ether oxygens (including phenoxy) is 2. The fraction of sp³-hybridized carbons (Fsp3) is 0.421. The van der Waals surface area contributed by atoms with Crippen molar-refractivity contribution in [1.82, 2.24) is 30.6 Å². The van der Waals surface area contributed by atoms with Crippen LogP contribution in [0.1, 0.15) is 87.7 Å². The molecule has 1 aliphatic rings. The Labute approximate surface area is 324 Å². The molecule has 14 heteroatoms. The molecule has 0 saturated heterocycles. The third-order valence-corrected chi connectivity index (χ3v) is 10.2. The zero-order chi connectivity index (χ0) is 37.5. The number of alkyl carbamates (subject to hydrolysis) is 2. The Hall–Kier alpha value is -3.58. The lowest BCUT2D eigenvalue weighted by atomic mass is 9.50. The maximum absolute atomic E-state index is 12.1. The summed E-state index contributed by atoms with van der Waals surface area (Å²) in [5.74, 6) is 0.936. The third kappa shape index (κ3) is 11.2. The van der Waals surface area contributed by atoms with Gasteiger partial charge in [0.05, 0.1) is 11.4 Å². The summed E-state index contributed by atoms with van der Waals surface area (Å²) in [6.45, 7) is 11.8. The van der Waals surface area contributed by atoms with Crippen LogP contribution in [-0.4, -0.2) is 67.9 Å². The van der Waals surface area contributed by atoms with Gasteiger partial charge in [0.1, 0.15) is 21.3 Å². The van der Waals surface area contributed by atoms with Crippen LogP contribution < -0.4 is 10.6 Å². The fourth-order valence-electron chi connectivity index (χ4n) is 6.23. The second-order valence-corrected chi connectivity index (χ2v) is 17.2. The van der Waals surface area contributed by atoms with E-state index < -0.39 is 23.4 Å². The van der Waals surface area contributed by atoms with Crippen LogP contribution in [0.2, 0.25) is 10.6 Å². The second kappa shape index (κ2) is 17.5. The van der Waals surface area contributed by atoms with Crippen molar-refractivity contribution in [1.29, 1.82) is 0 Å². The Morgan fingerprint density at radius 2 is 0.981 bits per heavy atom. The van der Waals surface area contributed by atoms with E-state index in [1.807, 2.05) is 90.1 Å². The molecule has 1 saturated carbocycles. The van der Waals surface area contributed by atoms with E-state index in [9.17, 15) is 9.59 Å². The zero-order valence-electron chi connectivity index (χ0n) is 30.1. The molecular weight excluding hydrogens is 739 g/mol. The molecular formula is C38H44Cl2N6O4S2. The van der Waals surface area contributed by atoms with Gasteiger partial charge in [0.15, 0.2) is 0 Å². The minimum absolute atomic E-state index is 0.0262. The first-order valence-electron chi connectivity index (χ1n) is 17.0. The smallest absolute Gasteiger partial charge is 0.407 e. The van der Waals surface area contributed by atoms with E-state index in [0.717, 1.165) is 22.5 Å². The van der Waals surface area contributed by atoms with Crippen molar-refractivity contribution in [2.24, 2.45) is 0 Å². The van der Waals surface area contributed by atoms with E-state index in [1.54, 1.807) is 0 Å². The van der Waals surface area contributed by atoms with Gasteiger partial charge in [-0.1, -0.05) is 60.7 Å². The summed E-state index contributed by atoms with van der Waals surface area (Å²) in [5, 5.41) is 7.34. The highest BCUT2D eigenvalue weighted by atomic mass is 35.5. The minimum atomic E-state index is -0.574. The average molecular weight is 784 g/mol. The van der Waals surface area contributed by atoms with E-state index in [1.165, 1.54) is 23.5 Å². The van der Waals surface area contributed by atoms with Crippen LogP contribution in [0, 0.1) is 0 Å². The molecule has 52 heavy (non-hydrogen) atoms. The quantitative estimate of drug-likeness (QED) is 0.0621. The number of aromatic nitrogens is 4. The van der Waals surface area contributed by atoms with Crippen LogP contribution in [0.5, 0.6) is 0 Å². The summed E-state index contributed by atoms with van der Waals surface area (Å²) in [6, 6.07) is 24.7. The SMILES string of the molecule is CC(C)(C)OC(=O)NCCSc1cc([C@H]2[C@H](c3ccccc3)[C@H](c3cc(SCCNC(=O)OC(C)(C)C)nc(Cl)n3)[C@H]2c2ccccc2)nc(Cl)n1. The number of hydrogen-bond donors (Lipinski definition) is 2. The molecule has 0 unspecified atom stereocenters. The first-order chi connectivity index (χ1) is 24.7. The van der Waals surface area contributed by atoms with Crippen molar-refractivity contribution in [3.8, 4) is 0 Å². The van der Waals surface area contributed by atoms with Gasteiger partial charge in [-0.3, -0.25) is 0 Å². The van der Waals surface area contributed by atoms with Crippen LogP contribution in [-0.2, 0) is 9.47 Å². The van der Waals surface area contributed by atoms with Gasteiger partial charge in [-0.25, -0.2) is 29.5 Å². The molecule has 2 amide bonds. The van der Waals surface area contributed by atoms with Crippen LogP contribution in [0.4, 0.5) is 9.59 Å². The Morgan fingerprint density at radius 3 is 1.33 bits per heavy atom. The summed E-state index contributed by atoms with van der Waals surface area (Å²) >= 11 is 16.2. The average Bonchev–Trinajstić information content (AvgIpc) is 3.04. The molecule has 1 aliphatic carbocycles. The molecule has 2 heterocycles. The Morgan fingerprint density at radius 1 is 0.615 bits per heavy atom. The highest BCUT2D eigenvalue weighted by Gasteiger charge is 2.54. The second-order valence-electron chi connectivity index (χ2n) is 14.3. The number of nitrogens with one attached hydrogen (secondary N) is 2. The topological polar surface area (TPSA) is 128 Å². The summed E-state index contributed by atoms with van der Waals surface area (Å²) in [7, 11) is 0. The standard InChI is InChI=1S/C38H44Cl2N6O4S2/c1-37(2,3)49-35(47)41-17-19-51-27-21-25(43-33(39)45-27)31-29(23-13-9-7-10-14-23)32(30(31)24-15-11-8-12-16-24)26-22-28(46-34(40)44-26)52-20-18-42-36(48)50-38(4,5)6/h7-16,21-22,29-32H,17-20H2,1-6H3,(H,41,47)(H,42,48)/t29-,30-,31-,32-. The maximum atomic E-state index is 12.1. The van der Waals surface area contributed by atoms with Crippen molar-refractivity contribution >= 4 is 58.9 Å². The lowest BCUT2D eigenvalue weighted by Gasteiger charge is -2.52. The van der Waals surface area contributed by atoms with Crippen molar-refractivity contribution in [3.05, 3.63) is 106 Å². The van der Waals surface area contributed by atoms with E-state index >= 15 is 0 Å². The van der Waals surface area contributed by atoms with E-state index in [-0.39, 0.29) is 34.2 Å². The number of nitrogens with zero attached hydrogens (tertiary/aromatic N) is 4. The number of thioether (sulfide) groups is 2. The number of halogens is 2. The van der Waals surface area contributed by atoms with E-state index in [4.69, 9.17) is 42.6 Å².